The normalized spacial score (nSPS) is 16.0. The van der Waals surface area contributed by atoms with Gasteiger partial charge in [-0.25, -0.2) is 4.79 Å². The second-order valence-corrected chi connectivity index (χ2v) is 18.9. The molecule has 1 aromatic heterocycles. The number of nitrogens with zero attached hydrogens (tertiary/aromatic N) is 4. The zero-order valence-corrected chi connectivity index (χ0v) is 45.1. The third-order valence-corrected chi connectivity index (χ3v) is 13.0. The van der Waals surface area contributed by atoms with Crippen molar-refractivity contribution in [1.29, 1.82) is 0 Å². The fraction of sp³-hybridized carbons (Fsp3) is 0.565. The number of amides is 8. The summed E-state index contributed by atoms with van der Waals surface area (Å²) in [5.74, 6) is -9.71. The lowest BCUT2D eigenvalue weighted by Gasteiger charge is -2.31. The van der Waals surface area contributed by atoms with Gasteiger partial charge in [-0.3, -0.25) is 53.3 Å². The van der Waals surface area contributed by atoms with Gasteiger partial charge in [0.1, 0.15) is 48.3 Å². The smallest absolute Gasteiger partial charge is 0.327 e. The van der Waals surface area contributed by atoms with Crippen LogP contribution in [0.25, 0.3) is 10.9 Å². The number of nitrogens with two attached hydrogens (primary N) is 7. The molecule has 0 unspecified atom stereocenters. The Labute approximate surface area is 465 Å². The summed E-state index contributed by atoms with van der Waals surface area (Å²) >= 11 is 7.99. The van der Waals surface area contributed by atoms with Crippen molar-refractivity contribution in [2.45, 2.75) is 112 Å². The van der Waals surface area contributed by atoms with E-state index in [1.807, 2.05) is 0 Å². The highest BCUT2D eigenvalue weighted by Gasteiger charge is 2.40. The van der Waals surface area contributed by atoms with Crippen molar-refractivity contribution in [3.8, 4) is 0 Å². The molecule has 0 spiro atoms. The molecule has 1 aromatic carbocycles. The molecule has 1 saturated heterocycles. The summed E-state index contributed by atoms with van der Waals surface area (Å²) in [5, 5.41) is 48.1. The number of carbonyl (C=O) groups excluding carboxylic acids is 8. The van der Waals surface area contributed by atoms with Crippen LogP contribution in [0.5, 0.6) is 0 Å². The van der Waals surface area contributed by atoms with Gasteiger partial charge < -0.3 is 103 Å². The molecule has 0 radical (unpaired) electrons. The molecule has 79 heavy (non-hydrogen) atoms. The van der Waals surface area contributed by atoms with Crippen LogP contribution in [0.15, 0.2) is 45.4 Å². The van der Waals surface area contributed by atoms with Crippen LogP contribution in [-0.4, -0.2) is 202 Å². The number of hydrogen-bond donors (Lipinski definition) is 20. The molecular formula is C46H75N19O12S2. The van der Waals surface area contributed by atoms with E-state index in [0.717, 1.165) is 0 Å². The van der Waals surface area contributed by atoms with Gasteiger partial charge in [-0.1, -0.05) is 18.2 Å². The quantitative estimate of drug-likeness (QED) is 0.0134. The van der Waals surface area contributed by atoms with Gasteiger partial charge >= 0.3 is 5.97 Å². The zero-order chi connectivity index (χ0) is 58.8. The first-order valence-corrected chi connectivity index (χ1v) is 26.4. The summed E-state index contributed by atoms with van der Waals surface area (Å²) in [4.78, 5) is 138. The SMILES string of the molecule is NC(N)=NCCC[C@H](NC(=O)[C@H](CCCN=C(N)N)NC(=O)[C@@H]1CCCN1C(=O)[C@H](CCCN=C(N)N)NC(=O)[C@H](CO)NC(=O)[C@@H](N)CS)C(=O)N[C@@H](CO)C(=O)N[C@@H](Cc1c[nH]c2ccccc12)C(=O)N[C@@H](CS)C(=O)O. The third-order valence-electron chi connectivity index (χ3n) is 12.2. The Hall–Kier alpha value is -7.62. The van der Waals surface area contributed by atoms with E-state index in [-0.39, 0.29) is 107 Å². The molecule has 438 valence electrons. The Kier molecular flexibility index (Phi) is 27.9. The first-order chi connectivity index (χ1) is 37.5. The van der Waals surface area contributed by atoms with Crippen molar-refractivity contribution < 1.29 is 58.5 Å². The van der Waals surface area contributed by atoms with Crippen LogP contribution in [0.1, 0.15) is 56.9 Å². The summed E-state index contributed by atoms with van der Waals surface area (Å²) in [7, 11) is 0. The van der Waals surface area contributed by atoms with Crippen LogP contribution < -0.4 is 77.4 Å². The third kappa shape index (κ3) is 21.6. The molecule has 2 aromatic rings. The highest BCUT2D eigenvalue weighted by molar-refractivity contribution is 7.80. The predicted molar refractivity (Wildman–Crippen MR) is 297 cm³/mol. The molecule has 0 aliphatic carbocycles. The van der Waals surface area contributed by atoms with Crippen LogP contribution in [0.3, 0.4) is 0 Å². The highest BCUT2D eigenvalue weighted by atomic mass is 32.1. The number of H-pyrrole nitrogens is 1. The van der Waals surface area contributed by atoms with E-state index >= 15 is 0 Å². The Morgan fingerprint density at radius 3 is 1.56 bits per heavy atom. The number of benzene rings is 1. The summed E-state index contributed by atoms with van der Waals surface area (Å²) in [6, 6.07) is -5.73. The number of carboxylic acid groups (broad SMARTS) is 1. The van der Waals surface area contributed by atoms with E-state index in [1.54, 1.807) is 30.5 Å². The fourth-order valence-electron chi connectivity index (χ4n) is 8.10. The van der Waals surface area contributed by atoms with Crippen molar-refractivity contribution in [2.24, 2.45) is 55.1 Å². The number of carboxylic acids is 1. The molecule has 1 aliphatic heterocycles. The average Bonchev–Trinajstić information content (AvgIpc) is 4.08. The molecular weight excluding hydrogens is 1070 g/mol. The number of fused-ring (bicyclic) bond motifs is 1. The molecule has 0 bridgehead atoms. The molecule has 8 amide bonds. The lowest BCUT2D eigenvalue weighted by molar-refractivity contribution is -0.143. The second kappa shape index (κ2) is 33.6. The topological polar surface area (TPSA) is 537 Å². The van der Waals surface area contributed by atoms with Crippen LogP contribution in [0, 0.1) is 0 Å². The maximum atomic E-state index is 14.4. The Balaban J connectivity index is 1.92. The molecule has 1 fully saturated rings. The molecule has 0 saturated carbocycles. The monoisotopic (exact) mass is 1150 g/mol. The summed E-state index contributed by atoms with van der Waals surface area (Å²) < 4.78 is 0. The lowest BCUT2D eigenvalue weighted by atomic mass is 10.0. The summed E-state index contributed by atoms with van der Waals surface area (Å²) in [6.07, 6.45) is 1.77. The highest BCUT2D eigenvalue weighted by Crippen LogP contribution is 2.22. The van der Waals surface area contributed by atoms with Gasteiger partial charge in [-0.15, -0.1) is 0 Å². The van der Waals surface area contributed by atoms with Gasteiger partial charge in [-0.2, -0.15) is 25.3 Å². The molecule has 2 heterocycles. The van der Waals surface area contributed by atoms with E-state index in [1.165, 1.54) is 4.90 Å². The molecule has 33 heteroatoms. The molecule has 31 nitrogen and oxygen atoms in total. The number of aliphatic imine (C=N–C) groups is 3. The van der Waals surface area contributed by atoms with Crippen molar-refractivity contribution in [3.63, 3.8) is 0 Å². The van der Waals surface area contributed by atoms with Gasteiger partial charge in [0.15, 0.2) is 17.9 Å². The molecule has 9 atom stereocenters. The van der Waals surface area contributed by atoms with E-state index in [2.05, 4.69) is 82.4 Å². The first-order valence-electron chi connectivity index (χ1n) is 25.1. The zero-order valence-electron chi connectivity index (χ0n) is 43.3. The largest absolute Gasteiger partial charge is 0.480 e. The first kappa shape index (κ1) is 65.7. The Morgan fingerprint density at radius 2 is 1.05 bits per heavy atom. The van der Waals surface area contributed by atoms with Crippen LogP contribution in [0.4, 0.5) is 0 Å². The molecule has 25 N–H and O–H groups in total. The van der Waals surface area contributed by atoms with E-state index in [4.69, 9.17) is 40.1 Å². The standard InChI is InChI=1S/C46H75N19O12S2/c47-25(21-78)35(68)62-31(19-66)39(72)60-29(11-5-15-56-46(52)53)42(75)65-16-6-12-34(65)41(74)59-28(10-4-14-55-45(50)51)36(69)58-27(9-3-13-54-44(48)49)37(70)63-32(20-67)40(73)61-30(38(71)64-33(22-79)43(76)77)17-23-18-57-26-8-2-1-7-24(23)26/h1-2,7-8,18,25,27-34,57,66-67,78-79H,3-6,9-17,19-22,47H2,(H,58,69)(H,59,74)(H,60,72)(H,61,73)(H,62,68)(H,63,70)(H,64,71)(H,76,77)(H4,48,49,54)(H4,50,51,55)(H4,52,53,56)/t25-,27-,28-,29-,30-,31-,32-,33-,34-/m0/s1. The summed E-state index contributed by atoms with van der Waals surface area (Å²) in [6.45, 7) is -1.86. The number of guanidine groups is 3. The van der Waals surface area contributed by atoms with E-state index < -0.39 is 121 Å². The minimum atomic E-state index is -1.76. The number of aliphatic hydroxyl groups excluding tert-OH is 2. The lowest BCUT2D eigenvalue weighted by Crippen LogP contribution is -2.61. The van der Waals surface area contributed by atoms with Gasteiger partial charge in [-0.05, 0) is 63.0 Å². The van der Waals surface area contributed by atoms with E-state index in [9.17, 15) is 58.5 Å². The fourth-order valence-corrected chi connectivity index (χ4v) is 8.52. The number of aromatic nitrogens is 1. The van der Waals surface area contributed by atoms with Crippen LogP contribution in [0.2, 0.25) is 0 Å². The minimum absolute atomic E-state index is 0.00618. The van der Waals surface area contributed by atoms with Crippen molar-refractivity contribution in [1.82, 2.24) is 47.1 Å². The summed E-state index contributed by atoms with van der Waals surface area (Å²) in [5.41, 5.74) is 40.0. The van der Waals surface area contributed by atoms with Gasteiger partial charge in [0.2, 0.25) is 47.3 Å². The number of hydrogen-bond acceptors (Lipinski definition) is 17. The van der Waals surface area contributed by atoms with Crippen molar-refractivity contribution >= 4 is 107 Å². The van der Waals surface area contributed by atoms with Crippen molar-refractivity contribution in [2.75, 3.05) is 50.9 Å². The van der Waals surface area contributed by atoms with Crippen molar-refractivity contribution in [3.05, 3.63) is 36.0 Å². The number of para-hydroxylation sites is 1. The van der Waals surface area contributed by atoms with E-state index in [0.29, 0.717) is 22.9 Å². The second-order valence-electron chi connectivity index (χ2n) is 18.2. The number of rotatable bonds is 34. The number of aliphatic carboxylic acids is 1. The Morgan fingerprint density at radius 1 is 0.608 bits per heavy atom. The van der Waals surface area contributed by atoms with Gasteiger partial charge in [0.25, 0.3) is 0 Å². The van der Waals surface area contributed by atoms with Crippen LogP contribution >= 0.6 is 25.3 Å². The Bertz CT molecular complexity index is 2510. The maximum Gasteiger partial charge on any atom is 0.327 e. The number of likely N-dealkylation sites (tertiary alicyclic amines) is 1. The molecule has 1 aliphatic rings. The maximum absolute atomic E-state index is 14.4. The number of aromatic amines is 1. The van der Waals surface area contributed by atoms with Gasteiger partial charge in [0, 0.05) is 61.2 Å². The minimum Gasteiger partial charge on any atom is -0.480 e. The molecule has 3 rings (SSSR count). The average molecular weight is 1150 g/mol. The number of thiol groups is 2. The van der Waals surface area contributed by atoms with Gasteiger partial charge in [0.05, 0.1) is 19.3 Å². The number of carbonyl (C=O) groups is 9. The number of nitrogens with one attached hydrogen (secondary N) is 8. The number of aliphatic hydroxyl groups is 2. The van der Waals surface area contributed by atoms with Crippen LogP contribution in [-0.2, 0) is 49.6 Å². The predicted octanol–water partition coefficient (Wildman–Crippen LogP) is -7.49.